The molecule has 1 atom stereocenters. The second kappa shape index (κ2) is 5.89. The van der Waals surface area contributed by atoms with E-state index in [1.807, 2.05) is 0 Å². The first-order valence-corrected chi connectivity index (χ1v) is 8.24. The molecule has 0 aromatic heterocycles. The Morgan fingerprint density at radius 3 is 1.61 bits per heavy atom. The van der Waals surface area contributed by atoms with Crippen LogP contribution in [0.4, 0.5) is 0 Å². The summed E-state index contributed by atoms with van der Waals surface area (Å²) < 4.78 is 0. The molecule has 0 spiro atoms. The zero-order valence-electron chi connectivity index (χ0n) is 13.1. The highest BCUT2D eigenvalue weighted by molar-refractivity contribution is 5.50. The summed E-state index contributed by atoms with van der Waals surface area (Å²) in [4.78, 5) is 0. The van der Waals surface area contributed by atoms with Crippen molar-refractivity contribution in [3.63, 3.8) is 0 Å². The van der Waals surface area contributed by atoms with Crippen LogP contribution >= 0.6 is 0 Å². The summed E-state index contributed by atoms with van der Waals surface area (Å²) in [6, 6.07) is 32.8. The first-order chi connectivity index (χ1) is 11.4. The first kappa shape index (κ1) is 14.0. The zero-order valence-corrected chi connectivity index (χ0v) is 13.1. The van der Waals surface area contributed by atoms with Crippen molar-refractivity contribution >= 4 is 0 Å². The van der Waals surface area contributed by atoms with Crippen molar-refractivity contribution in [2.45, 2.75) is 17.8 Å². The number of rotatable bonds is 3. The Hall–Kier alpha value is -2.60. The number of hydrogen-bond donors (Lipinski definition) is 0. The van der Waals surface area contributed by atoms with Crippen LogP contribution in [0.5, 0.6) is 0 Å². The van der Waals surface area contributed by atoms with E-state index in [-0.39, 0.29) is 5.41 Å². The highest BCUT2D eigenvalue weighted by Crippen LogP contribution is 2.51. The van der Waals surface area contributed by atoms with Gasteiger partial charge >= 0.3 is 0 Å². The molecule has 0 aliphatic heterocycles. The zero-order chi connectivity index (χ0) is 15.5. The maximum atomic E-state index is 2.38. The molecule has 112 valence electrons. The van der Waals surface area contributed by atoms with E-state index in [0.717, 1.165) is 6.42 Å². The van der Waals surface area contributed by atoms with E-state index in [2.05, 4.69) is 103 Å². The minimum Gasteiger partial charge on any atom is -0.0866 e. The van der Waals surface area contributed by atoms with E-state index in [9.17, 15) is 0 Å². The first-order valence-electron chi connectivity index (χ1n) is 8.24. The van der Waals surface area contributed by atoms with Gasteiger partial charge in [0.25, 0.3) is 0 Å². The largest absolute Gasteiger partial charge is 0.0866 e. The Morgan fingerprint density at radius 2 is 1.09 bits per heavy atom. The molecule has 0 bridgehead atoms. The van der Waals surface area contributed by atoms with Crippen molar-refractivity contribution < 1.29 is 0 Å². The molecule has 4 rings (SSSR count). The quantitative estimate of drug-likeness (QED) is 0.542. The van der Waals surface area contributed by atoms with Gasteiger partial charge in [0.15, 0.2) is 0 Å². The molecule has 3 aromatic rings. The molecule has 3 aromatic carbocycles. The Balaban J connectivity index is 1.93. The molecule has 23 heavy (non-hydrogen) atoms. The fraction of sp³-hybridized carbons (Fsp3) is 0.130. The van der Waals surface area contributed by atoms with Crippen LogP contribution in [-0.4, -0.2) is 0 Å². The lowest BCUT2D eigenvalue weighted by Crippen LogP contribution is -2.31. The molecule has 0 N–H and O–H groups in total. The predicted molar refractivity (Wildman–Crippen MR) is 96.6 cm³/mol. The van der Waals surface area contributed by atoms with Gasteiger partial charge in [-0.3, -0.25) is 0 Å². The van der Waals surface area contributed by atoms with E-state index >= 15 is 0 Å². The van der Waals surface area contributed by atoms with Crippen molar-refractivity contribution in [2.75, 3.05) is 0 Å². The average Bonchev–Trinajstić information content (AvgIpc) is 3.10. The molecule has 1 aliphatic carbocycles. The van der Waals surface area contributed by atoms with Gasteiger partial charge in [-0.05, 0) is 23.1 Å². The molecular formula is C23H20. The van der Waals surface area contributed by atoms with Crippen molar-refractivity contribution in [1.82, 2.24) is 0 Å². The summed E-state index contributed by atoms with van der Waals surface area (Å²) >= 11 is 0. The molecule has 0 heteroatoms. The number of allylic oxidation sites excluding steroid dienone is 2. The lowest BCUT2D eigenvalue weighted by molar-refractivity contribution is 0.496. The summed E-state index contributed by atoms with van der Waals surface area (Å²) in [5, 5.41) is 0. The summed E-state index contributed by atoms with van der Waals surface area (Å²) in [5.74, 6) is 0.369. The lowest BCUT2D eigenvalue weighted by atomic mass is 9.65. The number of benzene rings is 3. The third kappa shape index (κ3) is 2.31. The fourth-order valence-corrected chi connectivity index (χ4v) is 3.97. The monoisotopic (exact) mass is 296 g/mol. The highest BCUT2D eigenvalue weighted by Gasteiger charge is 2.43. The van der Waals surface area contributed by atoms with Crippen LogP contribution < -0.4 is 0 Å². The van der Waals surface area contributed by atoms with Crippen LogP contribution in [0, 0.1) is 0 Å². The Morgan fingerprint density at radius 1 is 0.609 bits per heavy atom. The van der Waals surface area contributed by atoms with E-state index in [1.165, 1.54) is 16.7 Å². The summed E-state index contributed by atoms with van der Waals surface area (Å²) in [7, 11) is 0. The van der Waals surface area contributed by atoms with Gasteiger partial charge in [0.1, 0.15) is 0 Å². The molecule has 0 nitrogen and oxygen atoms in total. The van der Waals surface area contributed by atoms with Gasteiger partial charge in [0.05, 0.1) is 0 Å². The second-order valence-corrected chi connectivity index (χ2v) is 6.22. The third-order valence-corrected chi connectivity index (χ3v) is 5.04. The predicted octanol–water partition coefficient (Wildman–Crippen LogP) is 5.72. The van der Waals surface area contributed by atoms with Crippen LogP contribution in [-0.2, 0) is 5.41 Å². The summed E-state index contributed by atoms with van der Waals surface area (Å²) in [6.45, 7) is 0. The highest BCUT2D eigenvalue weighted by atomic mass is 14.5. The molecule has 0 fully saturated rings. The molecule has 0 radical (unpaired) electrons. The Kier molecular flexibility index (Phi) is 3.59. The van der Waals surface area contributed by atoms with Crippen molar-refractivity contribution in [1.29, 1.82) is 0 Å². The molecular weight excluding hydrogens is 276 g/mol. The van der Waals surface area contributed by atoms with Gasteiger partial charge in [-0.15, -0.1) is 0 Å². The van der Waals surface area contributed by atoms with Crippen molar-refractivity contribution in [3.8, 4) is 0 Å². The van der Waals surface area contributed by atoms with Crippen molar-refractivity contribution in [2.24, 2.45) is 0 Å². The minimum atomic E-state index is -0.0100. The standard InChI is InChI=1S/C23H20/c1-4-11-19(12-5-1)22-17-10-18-23(22,20-13-6-2-7-14-20)21-15-8-3-9-16-21/h1-17,22H,18H2. The SMILES string of the molecule is C1=CC(c2ccccc2)C(c2ccccc2)(c2ccccc2)C1. The van der Waals surface area contributed by atoms with E-state index in [4.69, 9.17) is 0 Å². The smallest absolute Gasteiger partial charge is 0.0340 e. The average molecular weight is 296 g/mol. The van der Waals surface area contributed by atoms with Gasteiger partial charge in [-0.1, -0.05) is 103 Å². The molecule has 1 aliphatic rings. The molecule has 1 unspecified atom stereocenters. The van der Waals surface area contributed by atoms with Crippen LogP contribution in [0.15, 0.2) is 103 Å². The third-order valence-electron chi connectivity index (χ3n) is 5.04. The van der Waals surface area contributed by atoms with Crippen LogP contribution in [0.25, 0.3) is 0 Å². The topological polar surface area (TPSA) is 0 Å². The van der Waals surface area contributed by atoms with E-state index in [1.54, 1.807) is 0 Å². The van der Waals surface area contributed by atoms with Gasteiger partial charge in [0.2, 0.25) is 0 Å². The summed E-state index contributed by atoms with van der Waals surface area (Å²) in [6.07, 6.45) is 5.77. The Labute approximate surface area is 138 Å². The number of hydrogen-bond acceptors (Lipinski definition) is 0. The van der Waals surface area contributed by atoms with E-state index in [0.29, 0.717) is 5.92 Å². The van der Waals surface area contributed by atoms with Crippen LogP contribution in [0.1, 0.15) is 29.0 Å². The summed E-state index contributed by atoms with van der Waals surface area (Å²) in [5.41, 5.74) is 4.16. The molecule has 0 heterocycles. The second-order valence-electron chi connectivity index (χ2n) is 6.22. The minimum absolute atomic E-state index is 0.0100. The fourth-order valence-electron chi connectivity index (χ4n) is 3.97. The molecule has 0 saturated carbocycles. The molecule has 0 saturated heterocycles. The van der Waals surface area contributed by atoms with Gasteiger partial charge in [-0.25, -0.2) is 0 Å². The van der Waals surface area contributed by atoms with Gasteiger partial charge < -0.3 is 0 Å². The Bertz CT molecular complexity index is 746. The van der Waals surface area contributed by atoms with Crippen molar-refractivity contribution in [3.05, 3.63) is 120 Å². The van der Waals surface area contributed by atoms with Gasteiger partial charge in [0, 0.05) is 11.3 Å². The van der Waals surface area contributed by atoms with Crippen LogP contribution in [0.3, 0.4) is 0 Å². The molecule has 0 amide bonds. The van der Waals surface area contributed by atoms with Crippen LogP contribution in [0.2, 0.25) is 0 Å². The maximum absolute atomic E-state index is 2.38. The normalized spacial score (nSPS) is 18.9. The lowest BCUT2D eigenvalue weighted by Gasteiger charge is -2.37. The van der Waals surface area contributed by atoms with E-state index < -0.39 is 0 Å². The maximum Gasteiger partial charge on any atom is 0.0340 e. The van der Waals surface area contributed by atoms with Gasteiger partial charge in [-0.2, -0.15) is 0 Å².